The van der Waals surface area contributed by atoms with Crippen molar-refractivity contribution in [1.82, 2.24) is 0 Å². The van der Waals surface area contributed by atoms with Crippen molar-refractivity contribution in [3.63, 3.8) is 0 Å². The second kappa shape index (κ2) is 4.35. The van der Waals surface area contributed by atoms with Gasteiger partial charge in [0.25, 0.3) is 0 Å². The molecule has 0 amide bonds. The summed E-state index contributed by atoms with van der Waals surface area (Å²) in [6, 6.07) is 0. The summed E-state index contributed by atoms with van der Waals surface area (Å²) in [6.07, 6.45) is 3.29. The summed E-state index contributed by atoms with van der Waals surface area (Å²) in [4.78, 5) is 11.6. The highest BCUT2D eigenvalue weighted by Crippen LogP contribution is 2.38. The Labute approximate surface area is 91.1 Å². The fourth-order valence-electron chi connectivity index (χ4n) is 2.39. The van der Waals surface area contributed by atoms with Crippen LogP contribution >= 0.6 is 0 Å². The van der Waals surface area contributed by atoms with E-state index in [4.69, 9.17) is 4.74 Å². The smallest absolute Gasteiger partial charge is 0.312 e. The Morgan fingerprint density at radius 1 is 1.60 bits per heavy atom. The van der Waals surface area contributed by atoms with Crippen LogP contribution in [0, 0.1) is 11.8 Å². The van der Waals surface area contributed by atoms with Crippen molar-refractivity contribution < 1.29 is 14.6 Å². The number of methoxy groups -OCH3 is 1. The Morgan fingerprint density at radius 3 is 2.53 bits per heavy atom. The Morgan fingerprint density at radius 2 is 2.20 bits per heavy atom. The molecule has 0 fully saturated rings. The number of hydrogen-bond acceptors (Lipinski definition) is 3. The van der Waals surface area contributed by atoms with Gasteiger partial charge < -0.3 is 9.84 Å². The van der Waals surface area contributed by atoms with Crippen LogP contribution in [0.1, 0.15) is 33.6 Å². The number of carbonyl (C=O) groups is 1. The van der Waals surface area contributed by atoms with Gasteiger partial charge in [-0.25, -0.2) is 0 Å². The number of esters is 1. The van der Waals surface area contributed by atoms with E-state index < -0.39 is 11.5 Å². The van der Waals surface area contributed by atoms with E-state index in [-0.39, 0.29) is 11.9 Å². The van der Waals surface area contributed by atoms with Crippen LogP contribution in [-0.4, -0.2) is 23.8 Å². The van der Waals surface area contributed by atoms with Crippen LogP contribution in [0.5, 0.6) is 0 Å². The summed E-state index contributed by atoms with van der Waals surface area (Å²) in [6.45, 7) is 5.84. The largest absolute Gasteiger partial charge is 0.469 e. The molecular weight excluding hydrogens is 192 g/mol. The second-order valence-corrected chi connectivity index (χ2v) is 4.73. The minimum absolute atomic E-state index is 0.0737. The molecular formula is C12H20O3. The molecule has 0 radical (unpaired) electrons. The van der Waals surface area contributed by atoms with Crippen LogP contribution in [0.4, 0.5) is 0 Å². The zero-order valence-electron chi connectivity index (χ0n) is 9.91. The Kier molecular flexibility index (Phi) is 3.55. The van der Waals surface area contributed by atoms with Crippen molar-refractivity contribution in [2.24, 2.45) is 11.8 Å². The molecule has 3 heteroatoms. The molecule has 2 unspecified atom stereocenters. The molecule has 0 spiro atoms. The summed E-state index contributed by atoms with van der Waals surface area (Å²) in [5.74, 6) is -0.706. The SMILES string of the molecule is COC(=O)C(C(C)C)C1(O)C=C(C)CC1. The lowest BCUT2D eigenvalue weighted by Crippen LogP contribution is -2.43. The summed E-state index contributed by atoms with van der Waals surface area (Å²) in [5.41, 5.74) is 0.137. The first kappa shape index (κ1) is 12.2. The van der Waals surface area contributed by atoms with E-state index in [9.17, 15) is 9.90 Å². The van der Waals surface area contributed by atoms with Crippen LogP contribution in [0.3, 0.4) is 0 Å². The highest BCUT2D eigenvalue weighted by molar-refractivity contribution is 5.74. The van der Waals surface area contributed by atoms with Crippen molar-refractivity contribution in [1.29, 1.82) is 0 Å². The second-order valence-electron chi connectivity index (χ2n) is 4.73. The average molecular weight is 212 g/mol. The molecule has 0 bridgehead atoms. The van der Waals surface area contributed by atoms with Gasteiger partial charge in [-0.2, -0.15) is 0 Å². The van der Waals surface area contributed by atoms with Gasteiger partial charge in [0, 0.05) is 0 Å². The molecule has 1 aliphatic rings. The number of allylic oxidation sites excluding steroid dienone is 1. The van der Waals surface area contributed by atoms with Crippen molar-refractivity contribution in [3.8, 4) is 0 Å². The molecule has 1 aliphatic carbocycles. The summed E-state index contributed by atoms with van der Waals surface area (Å²) >= 11 is 0. The maximum atomic E-state index is 11.6. The summed E-state index contributed by atoms with van der Waals surface area (Å²) in [7, 11) is 1.37. The van der Waals surface area contributed by atoms with Crippen molar-refractivity contribution in [2.45, 2.75) is 39.2 Å². The summed E-state index contributed by atoms with van der Waals surface area (Å²) < 4.78 is 4.76. The van der Waals surface area contributed by atoms with Gasteiger partial charge in [-0.3, -0.25) is 4.79 Å². The number of hydrogen-bond donors (Lipinski definition) is 1. The Balaban J connectivity index is 2.95. The van der Waals surface area contributed by atoms with Gasteiger partial charge in [-0.15, -0.1) is 0 Å². The molecule has 2 atom stereocenters. The third-order valence-electron chi connectivity index (χ3n) is 3.08. The molecule has 0 aromatic carbocycles. The van der Waals surface area contributed by atoms with Gasteiger partial charge >= 0.3 is 5.97 Å². The Bertz CT molecular complexity index is 281. The van der Waals surface area contributed by atoms with Gasteiger partial charge in [0.15, 0.2) is 0 Å². The number of rotatable bonds is 3. The molecule has 86 valence electrons. The van der Waals surface area contributed by atoms with E-state index in [1.54, 1.807) is 0 Å². The summed E-state index contributed by atoms with van der Waals surface area (Å²) in [5, 5.41) is 10.4. The molecule has 0 saturated carbocycles. The number of aliphatic hydroxyl groups is 1. The van der Waals surface area contributed by atoms with Crippen LogP contribution < -0.4 is 0 Å². The van der Waals surface area contributed by atoms with Crippen LogP contribution in [0.2, 0.25) is 0 Å². The van der Waals surface area contributed by atoms with Crippen molar-refractivity contribution >= 4 is 5.97 Å². The molecule has 0 aromatic rings. The predicted molar refractivity (Wildman–Crippen MR) is 58.3 cm³/mol. The number of ether oxygens (including phenoxy) is 1. The topological polar surface area (TPSA) is 46.5 Å². The normalized spacial score (nSPS) is 27.7. The van der Waals surface area contributed by atoms with Crippen LogP contribution in [0.15, 0.2) is 11.6 Å². The standard InChI is InChI=1S/C12H20O3/c1-8(2)10(11(13)15-4)12(14)6-5-9(3)7-12/h7-8,10,14H,5-6H2,1-4H3. The zero-order chi connectivity index (χ0) is 11.6. The van der Waals surface area contributed by atoms with Gasteiger partial charge in [-0.1, -0.05) is 25.5 Å². The first-order chi connectivity index (χ1) is 6.90. The first-order valence-electron chi connectivity index (χ1n) is 5.39. The van der Waals surface area contributed by atoms with Gasteiger partial charge in [0.1, 0.15) is 0 Å². The molecule has 3 nitrogen and oxygen atoms in total. The van der Waals surface area contributed by atoms with E-state index in [1.165, 1.54) is 7.11 Å². The molecule has 0 aromatic heterocycles. The lowest BCUT2D eigenvalue weighted by atomic mass is 9.79. The van der Waals surface area contributed by atoms with Crippen LogP contribution in [-0.2, 0) is 9.53 Å². The molecule has 1 N–H and O–H groups in total. The molecule has 15 heavy (non-hydrogen) atoms. The van der Waals surface area contributed by atoms with E-state index in [0.717, 1.165) is 12.0 Å². The first-order valence-corrected chi connectivity index (χ1v) is 5.39. The maximum absolute atomic E-state index is 11.6. The van der Waals surface area contributed by atoms with Gasteiger partial charge in [-0.05, 0) is 25.7 Å². The Hall–Kier alpha value is -0.830. The fraction of sp³-hybridized carbons (Fsp3) is 0.750. The molecule has 0 heterocycles. The predicted octanol–water partition coefficient (Wildman–Crippen LogP) is 1.90. The van der Waals surface area contributed by atoms with E-state index in [2.05, 4.69) is 0 Å². The maximum Gasteiger partial charge on any atom is 0.312 e. The highest BCUT2D eigenvalue weighted by Gasteiger charge is 2.44. The average Bonchev–Trinajstić information content (AvgIpc) is 2.45. The quantitative estimate of drug-likeness (QED) is 0.574. The lowest BCUT2D eigenvalue weighted by Gasteiger charge is -2.31. The van der Waals surface area contributed by atoms with E-state index in [1.807, 2.05) is 26.8 Å². The molecule has 0 aliphatic heterocycles. The fourth-order valence-corrected chi connectivity index (χ4v) is 2.39. The molecule has 0 saturated heterocycles. The lowest BCUT2D eigenvalue weighted by molar-refractivity contribution is -0.155. The van der Waals surface area contributed by atoms with Crippen molar-refractivity contribution in [3.05, 3.63) is 11.6 Å². The minimum atomic E-state index is -1.01. The number of carbonyl (C=O) groups excluding carboxylic acids is 1. The van der Waals surface area contributed by atoms with E-state index >= 15 is 0 Å². The third kappa shape index (κ3) is 2.40. The van der Waals surface area contributed by atoms with Gasteiger partial charge in [0.05, 0.1) is 18.6 Å². The van der Waals surface area contributed by atoms with Gasteiger partial charge in [0.2, 0.25) is 0 Å². The minimum Gasteiger partial charge on any atom is -0.469 e. The van der Waals surface area contributed by atoms with E-state index in [0.29, 0.717) is 6.42 Å². The highest BCUT2D eigenvalue weighted by atomic mass is 16.5. The zero-order valence-corrected chi connectivity index (χ0v) is 9.91. The van der Waals surface area contributed by atoms with Crippen LogP contribution in [0.25, 0.3) is 0 Å². The monoisotopic (exact) mass is 212 g/mol. The van der Waals surface area contributed by atoms with Crippen molar-refractivity contribution in [2.75, 3.05) is 7.11 Å². The third-order valence-corrected chi connectivity index (χ3v) is 3.08. The molecule has 1 rings (SSSR count).